The van der Waals surface area contributed by atoms with Crippen molar-refractivity contribution < 1.29 is 22.8 Å². The molecule has 1 saturated heterocycles. The van der Waals surface area contributed by atoms with Gasteiger partial charge in [-0.3, -0.25) is 19.5 Å². The Labute approximate surface area is 147 Å². The molecule has 2 aliphatic rings. The van der Waals surface area contributed by atoms with Gasteiger partial charge in [-0.2, -0.15) is 13.2 Å². The summed E-state index contributed by atoms with van der Waals surface area (Å²) in [6.45, 7) is 0.220. The number of pyridine rings is 1. The van der Waals surface area contributed by atoms with Crippen LogP contribution < -0.4 is 0 Å². The highest BCUT2D eigenvalue weighted by Crippen LogP contribution is 2.65. The molecule has 1 aliphatic heterocycles. The van der Waals surface area contributed by atoms with E-state index in [1.807, 2.05) is 30.3 Å². The lowest BCUT2D eigenvalue weighted by Crippen LogP contribution is -2.30. The summed E-state index contributed by atoms with van der Waals surface area (Å²) in [5.74, 6) is -0.730. The molecule has 2 heterocycles. The zero-order valence-corrected chi connectivity index (χ0v) is 13.7. The lowest BCUT2D eigenvalue weighted by atomic mass is 9.98. The second-order valence-corrected chi connectivity index (χ2v) is 6.83. The molecular formula is C19H15F3N2O2. The highest BCUT2D eigenvalue weighted by Gasteiger charge is 2.67. The minimum absolute atomic E-state index is 0.102. The minimum Gasteiger partial charge on any atom is -0.278 e. The van der Waals surface area contributed by atoms with Crippen LogP contribution in [-0.4, -0.2) is 21.7 Å². The predicted molar refractivity (Wildman–Crippen MR) is 85.6 cm³/mol. The van der Waals surface area contributed by atoms with E-state index in [0.717, 1.165) is 11.6 Å². The number of hydrogen-bond donors (Lipinski definition) is 0. The number of aromatic nitrogens is 1. The van der Waals surface area contributed by atoms with Crippen LogP contribution in [-0.2, 0) is 22.3 Å². The van der Waals surface area contributed by atoms with Crippen LogP contribution in [0.1, 0.15) is 35.6 Å². The maximum Gasteiger partial charge on any atom is 0.433 e. The number of halogens is 3. The number of carbonyl (C=O) groups is 2. The number of carbonyl (C=O) groups excluding carboxylic acids is 2. The van der Waals surface area contributed by atoms with Crippen LogP contribution in [0.3, 0.4) is 0 Å². The van der Waals surface area contributed by atoms with Crippen molar-refractivity contribution in [1.29, 1.82) is 0 Å². The van der Waals surface area contributed by atoms with Crippen LogP contribution in [0.25, 0.3) is 0 Å². The second kappa shape index (κ2) is 5.65. The smallest absolute Gasteiger partial charge is 0.278 e. The zero-order chi connectivity index (χ0) is 18.5. The molecule has 1 spiro atoms. The summed E-state index contributed by atoms with van der Waals surface area (Å²) in [4.78, 5) is 29.9. The number of imide groups is 1. The molecule has 0 radical (unpaired) electrons. The Morgan fingerprint density at radius 2 is 1.85 bits per heavy atom. The maximum absolute atomic E-state index is 12.8. The Bertz CT molecular complexity index is 865. The summed E-state index contributed by atoms with van der Waals surface area (Å²) in [7, 11) is 0. The largest absolute Gasteiger partial charge is 0.433 e. The third-order valence-corrected chi connectivity index (χ3v) is 5.18. The van der Waals surface area contributed by atoms with Crippen molar-refractivity contribution in [3.05, 3.63) is 65.5 Å². The first-order chi connectivity index (χ1) is 12.3. The third-order valence-electron chi connectivity index (χ3n) is 5.18. The van der Waals surface area contributed by atoms with E-state index in [1.165, 1.54) is 17.2 Å². The highest BCUT2D eigenvalue weighted by molar-refractivity contribution is 6.08. The Hall–Kier alpha value is -2.70. The van der Waals surface area contributed by atoms with Crippen molar-refractivity contribution in [3.63, 3.8) is 0 Å². The van der Waals surface area contributed by atoms with Gasteiger partial charge in [0, 0.05) is 18.5 Å². The summed E-state index contributed by atoms with van der Waals surface area (Å²) >= 11 is 0. The molecule has 1 aliphatic carbocycles. The predicted octanol–water partition coefficient (Wildman–Crippen LogP) is 3.53. The SMILES string of the molecule is O=C1CC2(C[C@H]2c2ccc(C(F)(F)F)nc2)C(=O)N1Cc1ccccc1. The summed E-state index contributed by atoms with van der Waals surface area (Å²) in [5, 5.41) is 0. The second-order valence-electron chi connectivity index (χ2n) is 6.83. The van der Waals surface area contributed by atoms with E-state index in [9.17, 15) is 22.8 Å². The Morgan fingerprint density at radius 1 is 1.12 bits per heavy atom. The van der Waals surface area contributed by atoms with Gasteiger partial charge in [-0.25, -0.2) is 0 Å². The van der Waals surface area contributed by atoms with Gasteiger partial charge in [0.05, 0.1) is 12.0 Å². The van der Waals surface area contributed by atoms with Crippen LogP contribution in [0.5, 0.6) is 0 Å². The molecule has 2 amide bonds. The lowest BCUT2D eigenvalue weighted by Gasteiger charge is -2.15. The molecular weight excluding hydrogens is 345 g/mol. The number of likely N-dealkylation sites (tertiary alicyclic amines) is 1. The van der Waals surface area contributed by atoms with Gasteiger partial charge in [-0.05, 0) is 23.6 Å². The van der Waals surface area contributed by atoms with Crippen LogP contribution >= 0.6 is 0 Å². The van der Waals surface area contributed by atoms with Gasteiger partial charge in [0.15, 0.2) is 0 Å². The van der Waals surface area contributed by atoms with Crippen molar-refractivity contribution >= 4 is 11.8 Å². The number of alkyl halides is 3. The monoisotopic (exact) mass is 360 g/mol. The molecule has 1 aromatic heterocycles. The van der Waals surface area contributed by atoms with Gasteiger partial charge >= 0.3 is 6.18 Å². The van der Waals surface area contributed by atoms with Crippen molar-refractivity contribution in [1.82, 2.24) is 9.88 Å². The van der Waals surface area contributed by atoms with Crippen LogP contribution in [0.2, 0.25) is 0 Å². The van der Waals surface area contributed by atoms with Crippen molar-refractivity contribution in [2.75, 3.05) is 0 Å². The molecule has 0 bridgehead atoms. The van der Waals surface area contributed by atoms with Crippen molar-refractivity contribution in [2.45, 2.75) is 31.5 Å². The molecule has 1 aromatic carbocycles. The van der Waals surface area contributed by atoms with E-state index >= 15 is 0 Å². The first-order valence-electron chi connectivity index (χ1n) is 8.23. The molecule has 7 heteroatoms. The molecule has 1 saturated carbocycles. The topological polar surface area (TPSA) is 50.3 Å². The third kappa shape index (κ3) is 2.67. The Morgan fingerprint density at radius 3 is 2.46 bits per heavy atom. The number of hydrogen-bond acceptors (Lipinski definition) is 3. The fraction of sp³-hybridized carbons (Fsp3) is 0.316. The minimum atomic E-state index is -4.49. The molecule has 2 fully saturated rings. The number of benzene rings is 1. The fourth-order valence-corrected chi connectivity index (χ4v) is 3.70. The molecule has 1 unspecified atom stereocenters. The maximum atomic E-state index is 12.8. The molecule has 134 valence electrons. The van der Waals surface area contributed by atoms with E-state index in [-0.39, 0.29) is 30.7 Å². The average molecular weight is 360 g/mol. The first kappa shape index (κ1) is 16.8. The van der Waals surface area contributed by atoms with Crippen molar-refractivity contribution in [3.8, 4) is 0 Å². The molecule has 26 heavy (non-hydrogen) atoms. The van der Waals surface area contributed by atoms with E-state index in [0.29, 0.717) is 12.0 Å². The first-order valence-corrected chi connectivity index (χ1v) is 8.23. The summed E-state index contributed by atoms with van der Waals surface area (Å²) < 4.78 is 37.9. The van der Waals surface area contributed by atoms with Gasteiger partial charge in [-0.1, -0.05) is 36.4 Å². The fourth-order valence-electron chi connectivity index (χ4n) is 3.70. The highest BCUT2D eigenvalue weighted by atomic mass is 19.4. The van der Waals surface area contributed by atoms with Gasteiger partial charge in [0.25, 0.3) is 0 Å². The van der Waals surface area contributed by atoms with Gasteiger partial charge in [0.2, 0.25) is 11.8 Å². The van der Waals surface area contributed by atoms with Crippen LogP contribution in [0.4, 0.5) is 13.2 Å². The molecule has 4 rings (SSSR count). The van der Waals surface area contributed by atoms with Gasteiger partial charge < -0.3 is 0 Å². The van der Waals surface area contributed by atoms with E-state index in [1.54, 1.807) is 0 Å². The number of nitrogens with zero attached hydrogens (tertiary/aromatic N) is 2. The normalized spacial score (nSPS) is 25.2. The van der Waals surface area contributed by atoms with Gasteiger partial charge in [0.1, 0.15) is 5.69 Å². The van der Waals surface area contributed by atoms with E-state index < -0.39 is 17.3 Å². The molecule has 0 N–H and O–H groups in total. The van der Waals surface area contributed by atoms with Crippen LogP contribution in [0.15, 0.2) is 48.7 Å². The van der Waals surface area contributed by atoms with Crippen molar-refractivity contribution in [2.24, 2.45) is 5.41 Å². The summed E-state index contributed by atoms with van der Waals surface area (Å²) in [6, 6.07) is 11.5. The van der Waals surface area contributed by atoms with Gasteiger partial charge in [-0.15, -0.1) is 0 Å². The average Bonchev–Trinajstić information content (AvgIpc) is 3.29. The van der Waals surface area contributed by atoms with E-state index in [4.69, 9.17) is 0 Å². The zero-order valence-electron chi connectivity index (χ0n) is 13.7. The Kier molecular flexibility index (Phi) is 3.64. The summed E-state index contributed by atoms with van der Waals surface area (Å²) in [6.07, 6.45) is -2.76. The lowest BCUT2D eigenvalue weighted by molar-refractivity contribution is -0.142. The number of amides is 2. The standard InChI is InChI=1S/C19H15F3N2O2/c20-19(21,22)15-7-6-13(10-23-15)14-8-18(14)9-16(25)24(17(18)26)11-12-4-2-1-3-5-12/h1-7,10,14H,8-9,11H2/t14-,18?/m0/s1. The van der Waals surface area contributed by atoms with Crippen LogP contribution in [0, 0.1) is 5.41 Å². The molecule has 2 aromatic rings. The Balaban J connectivity index is 1.52. The number of rotatable bonds is 3. The van der Waals surface area contributed by atoms with E-state index in [2.05, 4.69) is 4.98 Å². The molecule has 4 nitrogen and oxygen atoms in total. The quantitative estimate of drug-likeness (QED) is 0.787. The molecule has 2 atom stereocenters. The summed E-state index contributed by atoms with van der Waals surface area (Å²) in [5.41, 5.74) is -0.344.